The highest BCUT2D eigenvalue weighted by molar-refractivity contribution is 7.99. The molecule has 4 heterocycles. The van der Waals surface area contributed by atoms with Crippen LogP contribution in [0.2, 0.25) is 0 Å². The molecule has 4 rings (SSSR count). The van der Waals surface area contributed by atoms with Gasteiger partial charge in [-0.2, -0.15) is 11.8 Å². The van der Waals surface area contributed by atoms with Gasteiger partial charge < -0.3 is 8.98 Å². The lowest BCUT2D eigenvalue weighted by Crippen LogP contribution is -2.07. The smallest absolute Gasteiger partial charge is 0.160 e. The summed E-state index contributed by atoms with van der Waals surface area (Å²) >= 11 is 2.00. The summed E-state index contributed by atoms with van der Waals surface area (Å²) in [5.74, 6) is 3.30. The first-order valence-electron chi connectivity index (χ1n) is 6.87. The molecule has 1 atom stereocenters. The predicted molar refractivity (Wildman–Crippen MR) is 79.8 cm³/mol. The van der Waals surface area contributed by atoms with Crippen molar-refractivity contribution in [1.82, 2.24) is 14.5 Å². The van der Waals surface area contributed by atoms with Crippen LogP contribution < -0.4 is 0 Å². The van der Waals surface area contributed by atoms with Crippen molar-refractivity contribution in [1.29, 1.82) is 0 Å². The van der Waals surface area contributed by atoms with Gasteiger partial charge in [0.1, 0.15) is 17.1 Å². The number of fused-ring (bicyclic) bond motifs is 1. The minimum absolute atomic E-state index is 0.485. The molecule has 1 saturated heterocycles. The molecular weight excluding hydrogens is 270 g/mol. The highest BCUT2D eigenvalue weighted by Gasteiger charge is 2.25. The lowest BCUT2D eigenvalue weighted by Gasteiger charge is -2.11. The summed E-state index contributed by atoms with van der Waals surface area (Å²) in [6.45, 7) is 0.701. The Labute approximate surface area is 121 Å². The maximum atomic E-state index is 5.49. The fraction of sp³-hybridized carbons (Fsp3) is 0.333. The second kappa shape index (κ2) is 4.98. The Morgan fingerprint density at radius 1 is 1.35 bits per heavy atom. The van der Waals surface area contributed by atoms with Crippen LogP contribution in [0.15, 0.2) is 41.1 Å². The molecule has 0 N–H and O–H groups in total. The zero-order valence-corrected chi connectivity index (χ0v) is 11.8. The second-order valence-electron chi connectivity index (χ2n) is 4.98. The number of imidazole rings is 1. The Kier molecular flexibility index (Phi) is 2.99. The molecule has 1 aliphatic rings. The van der Waals surface area contributed by atoms with Gasteiger partial charge in [-0.15, -0.1) is 0 Å². The van der Waals surface area contributed by atoms with Gasteiger partial charge in [0.15, 0.2) is 5.65 Å². The third-order valence-electron chi connectivity index (χ3n) is 3.65. The van der Waals surface area contributed by atoms with Crippen LogP contribution in [0.25, 0.3) is 11.2 Å². The van der Waals surface area contributed by atoms with E-state index in [-0.39, 0.29) is 0 Å². The predicted octanol–water partition coefficient (Wildman–Crippen LogP) is 3.64. The molecule has 0 aromatic carbocycles. The van der Waals surface area contributed by atoms with Crippen molar-refractivity contribution in [3.8, 4) is 0 Å². The number of nitrogens with zero attached hydrogens (tertiary/aromatic N) is 3. The van der Waals surface area contributed by atoms with Crippen LogP contribution >= 0.6 is 11.8 Å². The molecule has 4 nitrogen and oxygen atoms in total. The molecule has 0 spiro atoms. The normalized spacial score (nSPS) is 18.9. The average molecular weight is 285 g/mol. The van der Waals surface area contributed by atoms with Crippen molar-refractivity contribution >= 4 is 22.9 Å². The van der Waals surface area contributed by atoms with E-state index in [1.807, 2.05) is 42.2 Å². The number of pyridine rings is 1. The molecule has 1 fully saturated rings. The molecule has 3 aromatic rings. The molecule has 102 valence electrons. The first-order valence-corrected chi connectivity index (χ1v) is 7.92. The van der Waals surface area contributed by atoms with E-state index in [0.29, 0.717) is 11.8 Å². The van der Waals surface area contributed by atoms with E-state index in [2.05, 4.69) is 9.55 Å². The zero-order valence-electron chi connectivity index (χ0n) is 11.0. The van der Waals surface area contributed by atoms with Crippen molar-refractivity contribution in [2.75, 3.05) is 5.75 Å². The molecule has 0 saturated carbocycles. The van der Waals surface area contributed by atoms with Gasteiger partial charge in [-0.3, -0.25) is 0 Å². The maximum absolute atomic E-state index is 5.49. The Bertz CT molecular complexity index is 714. The van der Waals surface area contributed by atoms with Crippen LogP contribution in [0.1, 0.15) is 29.7 Å². The molecule has 0 radical (unpaired) electrons. The fourth-order valence-electron chi connectivity index (χ4n) is 2.72. The van der Waals surface area contributed by atoms with Crippen molar-refractivity contribution in [2.24, 2.45) is 0 Å². The van der Waals surface area contributed by atoms with Gasteiger partial charge in [0, 0.05) is 6.20 Å². The minimum atomic E-state index is 0.485. The van der Waals surface area contributed by atoms with E-state index in [4.69, 9.17) is 9.40 Å². The summed E-state index contributed by atoms with van der Waals surface area (Å²) in [6, 6.07) is 7.90. The monoisotopic (exact) mass is 285 g/mol. The van der Waals surface area contributed by atoms with Crippen LogP contribution in [0, 0.1) is 0 Å². The lowest BCUT2D eigenvalue weighted by atomic mass is 10.2. The van der Waals surface area contributed by atoms with E-state index >= 15 is 0 Å². The number of rotatable bonds is 3. The van der Waals surface area contributed by atoms with Gasteiger partial charge in [0.05, 0.1) is 18.1 Å². The van der Waals surface area contributed by atoms with Crippen LogP contribution in [0.3, 0.4) is 0 Å². The van der Waals surface area contributed by atoms with E-state index in [1.54, 1.807) is 6.26 Å². The zero-order chi connectivity index (χ0) is 13.4. The van der Waals surface area contributed by atoms with Gasteiger partial charge in [0.2, 0.25) is 0 Å². The van der Waals surface area contributed by atoms with Gasteiger partial charge >= 0.3 is 0 Å². The summed E-state index contributed by atoms with van der Waals surface area (Å²) in [6.07, 6.45) is 6.01. The molecule has 5 heteroatoms. The SMILES string of the molecule is c1coc(Cn2c(C3CCCS3)nc3cccnc32)c1. The number of aromatic nitrogens is 3. The summed E-state index contributed by atoms with van der Waals surface area (Å²) in [5.41, 5.74) is 1.92. The standard InChI is InChI=1S/C15H15N3OS/c1-5-12-14(16-7-1)18(10-11-4-2-8-19-11)15(17-12)13-6-3-9-20-13/h1-2,4-5,7-8,13H,3,6,9-10H2. The summed E-state index contributed by atoms with van der Waals surface area (Å²) < 4.78 is 7.70. The van der Waals surface area contributed by atoms with Crippen molar-refractivity contribution in [2.45, 2.75) is 24.6 Å². The molecule has 0 amide bonds. The van der Waals surface area contributed by atoms with Gasteiger partial charge in [-0.05, 0) is 42.9 Å². The minimum Gasteiger partial charge on any atom is -0.467 e. The van der Waals surface area contributed by atoms with Gasteiger partial charge in [-0.25, -0.2) is 9.97 Å². The van der Waals surface area contributed by atoms with E-state index in [0.717, 1.165) is 22.7 Å². The van der Waals surface area contributed by atoms with Crippen LogP contribution in [0.5, 0.6) is 0 Å². The number of hydrogen-bond acceptors (Lipinski definition) is 4. The first kappa shape index (κ1) is 12.0. The van der Waals surface area contributed by atoms with Crippen LogP contribution in [-0.4, -0.2) is 20.3 Å². The Balaban J connectivity index is 1.83. The largest absolute Gasteiger partial charge is 0.467 e. The average Bonchev–Trinajstić information content (AvgIpc) is 3.19. The third kappa shape index (κ3) is 2.02. The quantitative estimate of drug-likeness (QED) is 0.737. The highest BCUT2D eigenvalue weighted by atomic mass is 32.2. The molecule has 1 unspecified atom stereocenters. The molecule has 0 bridgehead atoms. The van der Waals surface area contributed by atoms with Crippen molar-refractivity contribution in [3.63, 3.8) is 0 Å². The van der Waals surface area contributed by atoms with Crippen molar-refractivity contribution in [3.05, 3.63) is 48.3 Å². The molecule has 0 aliphatic carbocycles. The Hall–Kier alpha value is -1.75. The third-order valence-corrected chi connectivity index (χ3v) is 5.02. The second-order valence-corrected chi connectivity index (χ2v) is 6.29. The Morgan fingerprint density at radius 3 is 3.15 bits per heavy atom. The highest BCUT2D eigenvalue weighted by Crippen LogP contribution is 2.40. The number of thioether (sulfide) groups is 1. The summed E-state index contributed by atoms with van der Waals surface area (Å²) in [4.78, 5) is 9.32. The van der Waals surface area contributed by atoms with Crippen LogP contribution in [0.4, 0.5) is 0 Å². The van der Waals surface area contributed by atoms with E-state index in [9.17, 15) is 0 Å². The van der Waals surface area contributed by atoms with Crippen LogP contribution in [-0.2, 0) is 6.54 Å². The van der Waals surface area contributed by atoms with Gasteiger partial charge in [0.25, 0.3) is 0 Å². The molecule has 1 aliphatic heterocycles. The molecule has 3 aromatic heterocycles. The first-order chi connectivity index (χ1) is 9.92. The number of furan rings is 1. The molecule has 20 heavy (non-hydrogen) atoms. The number of hydrogen-bond donors (Lipinski definition) is 0. The van der Waals surface area contributed by atoms with E-state index in [1.165, 1.54) is 18.6 Å². The van der Waals surface area contributed by atoms with Gasteiger partial charge in [-0.1, -0.05) is 0 Å². The Morgan fingerprint density at radius 2 is 2.35 bits per heavy atom. The summed E-state index contributed by atoms with van der Waals surface area (Å²) in [5, 5.41) is 0.485. The van der Waals surface area contributed by atoms with Crippen molar-refractivity contribution < 1.29 is 4.42 Å². The summed E-state index contributed by atoms with van der Waals surface area (Å²) in [7, 11) is 0. The topological polar surface area (TPSA) is 43.9 Å². The maximum Gasteiger partial charge on any atom is 0.160 e. The molecular formula is C15H15N3OS. The fourth-order valence-corrected chi connectivity index (χ4v) is 4.00. The van der Waals surface area contributed by atoms with E-state index < -0.39 is 0 Å². The lowest BCUT2D eigenvalue weighted by molar-refractivity contribution is 0.490.